The first-order chi connectivity index (χ1) is 14.0. The molecule has 2 N–H and O–H groups in total. The van der Waals surface area contributed by atoms with E-state index < -0.39 is 5.60 Å². The highest BCUT2D eigenvalue weighted by molar-refractivity contribution is 5.91. The molecule has 2 saturated heterocycles. The maximum Gasteiger partial charge on any atom is 0.323 e. The zero-order chi connectivity index (χ0) is 20.4. The molecule has 0 radical (unpaired) electrons. The Labute approximate surface area is 170 Å². The van der Waals surface area contributed by atoms with Gasteiger partial charge in [-0.15, -0.1) is 0 Å². The van der Waals surface area contributed by atoms with Crippen LogP contribution in [0.25, 0.3) is 11.0 Å². The topological polar surface area (TPSA) is 96.8 Å². The van der Waals surface area contributed by atoms with E-state index in [1.165, 1.54) is 0 Å². The molecule has 1 aromatic heterocycles. The van der Waals surface area contributed by atoms with Gasteiger partial charge in [0, 0.05) is 26.3 Å². The predicted molar refractivity (Wildman–Crippen MR) is 109 cm³/mol. The van der Waals surface area contributed by atoms with Crippen molar-refractivity contribution in [1.29, 1.82) is 0 Å². The molecule has 0 atom stereocenters. The Balaban J connectivity index is 1.57. The molecule has 156 valence electrons. The molecular weight excluding hydrogens is 372 g/mol. The fourth-order valence-corrected chi connectivity index (χ4v) is 4.04. The van der Waals surface area contributed by atoms with Crippen molar-refractivity contribution in [3.63, 3.8) is 0 Å². The molecule has 0 spiro atoms. The van der Waals surface area contributed by atoms with Gasteiger partial charge in [0.15, 0.2) is 5.82 Å². The summed E-state index contributed by atoms with van der Waals surface area (Å²) in [5.41, 5.74) is 1.90. The third-order valence-electron chi connectivity index (χ3n) is 5.94. The van der Waals surface area contributed by atoms with E-state index in [9.17, 15) is 9.90 Å². The van der Waals surface area contributed by atoms with Gasteiger partial charge in [0.1, 0.15) is 11.3 Å². The number of aromatic nitrogens is 2. The van der Waals surface area contributed by atoms with Crippen LogP contribution >= 0.6 is 0 Å². The molecule has 4 rings (SSSR count). The third kappa shape index (κ3) is 4.28. The van der Waals surface area contributed by atoms with Crippen LogP contribution in [0, 0.1) is 0 Å². The number of rotatable bonds is 3. The number of hydrogen-bond acceptors (Lipinski definition) is 6. The van der Waals surface area contributed by atoms with Gasteiger partial charge < -0.3 is 19.5 Å². The average Bonchev–Trinajstić information content (AvgIpc) is 2.73. The Morgan fingerprint density at radius 1 is 1.28 bits per heavy atom. The van der Waals surface area contributed by atoms with Crippen LogP contribution in [0.3, 0.4) is 0 Å². The van der Waals surface area contributed by atoms with Crippen LogP contribution in [0.5, 0.6) is 5.75 Å². The molecule has 8 nitrogen and oxygen atoms in total. The number of nitrogens with one attached hydrogen (secondary N) is 1. The summed E-state index contributed by atoms with van der Waals surface area (Å²) in [4.78, 5) is 23.6. The number of ether oxygens (including phenoxy) is 2. The van der Waals surface area contributed by atoms with Crippen LogP contribution in [-0.2, 0) is 4.74 Å². The number of amides is 2. The van der Waals surface area contributed by atoms with E-state index in [0.29, 0.717) is 48.9 Å². The first-order valence-corrected chi connectivity index (χ1v) is 10.2. The molecule has 1 aromatic carbocycles. The normalized spacial score (nSPS) is 19.9. The number of hydrogen-bond donors (Lipinski definition) is 2. The summed E-state index contributed by atoms with van der Waals surface area (Å²) >= 11 is 0. The number of nitrogens with zero attached hydrogens (tertiary/aromatic N) is 3. The van der Waals surface area contributed by atoms with Crippen molar-refractivity contribution in [3.8, 4) is 5.75 Å². The van der Waals surface area contributed by atoms with Gasteiger partial charge in [0.25, 0.3) is 0 Å². The molecule has 0 bridgehead atoms. The molecular formula is C21H28N4O4. The highest BCUT2D eigenvalue weighted by Crippen LogP contribution is 2.35. The second-order valence-corrected chi connectivity index (χ2v) is 8.11. The van der Waals surface area contributed by atoms with Crippen LogP contribution in [-0.4, -0.2) is 65.0 Å². The van der Waals surface area contributed by atoms with E-state index in [-0.39, 0.29) is 6.03 Å². The summed E-state index contributed by atoms with van der Waals surface area (Å²) in [6.07, 6.45) is 4.64. The van der Waals surface area contributed by atoms with Gasteiger partial charge in [0.05, 0.1) is 24.4 Å². The largest absolute Gasteiger partial charge is 0.494 e. The Morgan fingerprint density at radius 3 is 2.69 bits per heavy atom. The van der Waals surface area contributed by atoms with Crippen LogP contribution in [0.1, 0.15) is 44.1 Å². The van der Waals surface area contributed by atoms with E-state index >= 15 is 0 Å². The maximum absolute atomic E-state index is 12.6. The average molecular weight is 400 g/mol. The van der Waals surface area contributed by atoms with Gasteiger partial charge >= 0.3 is 6.03 Å². The number of fused-ring (bicyclic) bond motifs is 1. The number of carbonyl (C=O) groups excluding carboxylic acids is 1. The van der Waals surface area contributed by atoms with E-state index in [0.717, 1.165) is 37.1 Å². The number of urea groups is 1. The predicted octanol–water partition coefficient (Wildman–Crippen LogP) is 2.91. The lowest BCUT2D eigenvalue weighted by Gasteiger charge is -2.35. The van der Waals surface area contributed by atoms with Gasteiger partial charge in [-0.3, -0.25) is 10.3 Å². The van der Waals surface area contributed by atoms with Gasteiger partial charge in [0.2, 0.25) is 0 Å². The van der Waals surface area contributed by atoms with E-state index in [1.54, 1.807) is 25.1 Å². The second-order valence-electron chi connectivity index (χ2n) is 8.11. The second kappa shape index (κ2) is 8.12. The summed E-state index contributed by atoms with van der Waals surface area (Å²) in [6, 6.07) is 3.75. The highest BCUT2D eigenvalue weighted by atomic mass is 16.5. The molecule has 2 aliphatic rings. The fourth-order valence-electron chi connectivity index (χ4n) is 4.04. The number of anilines is 1. The number of carbonyl (C=O) groups is 1. The van der Waals surface area contributed by atoms with Crippen LogP contribution < -0.4 is 10.1 Å². The van der Waals surface area contributed by atoms with Crippen molar-refractivity contribution in [3.05, 3.63) is 23.9 Å². The minimum absolute atomic E-state index is 0.228. The van der Waals surface area contributed by atoms with Gasteiger partial charge in [-0.05, 0) is 50.2 Å². The monoisotopic (exact) mass is 400 g/mol. The van der Waals surface area contributed by atoms with Crippen LogP contribution in [0.4, 0.5) is 10.6 Å². The third-order valence-corrected chi connectivity index (χ3v) is 5.94. The van der Waals surface area contributed by atoms with Crippen molar-refractivity contribution in [1.82, 2.24) is 14.9 Å². The summed E-state index contributed by atoms with van der Waals surface area (Å²) < 4.78 is 11.0. The summed E-state index contributed by atoms with van der Waals surface area (Å²) in [7, 11) is 1.61. The fraction of sp³-hybridized carbons (Fsp3) is 0.571. The van der Waals surface area contributed by atoms with Gasteiger partial charge in [-0.2, -0.15) is 0 Å². The molecule has 0 saturated carbocycles. The summed E-state index contributed by atoms with van der Waals surface area (Å²) in [5, 5.41) is 12.9. The standard InChI is InChI=1S/C21H28N4O4/c1-21(27)7-9-25(10-8-21)20(26)24-17-13-22-18-15(14-5-11-29-12-6-14)3-4-16(28-2)19(18)23-17/h3-4,13-14,27H,5-12H2,1-2H3,(H,23,24,26). The lowest BCUT2D eigenvalue weighted by molar-refractivity contribution is 0.00569. The van der Waals surface area contributed by atoms with Crippen molar-refractivity contribution in [2.45, 2.75) is 44.1 Å². The molecule has 2 amide bonds. The SMILES string of the molecule is COc1ccc(C2CCOCC2)c2ncc(NC(=O)N3CCC(C)(O)CC3)nc12. The first-order valence-electron chi connectivity index (χ1n) is 10.2. The smallest absolute Gasteiger partial charge is 0.323 e. The number of piperidine rings is 1. The van der Waals surface area contributed by atoms with Crippen molar-refractivity contribution in [2.75, 3.05) is 38.7 Å². The Bertz CT molecular complexity index is 886. The first kappa shape index (κ1) is 19.8. The molecule has 0 unspecified atom stereocenters. The van der Waals surface area contributed by atoms with Crippen molar-refractivity contribution < 1.29 is 19.4 Å². The molecule has 0 aliphatic carbocycles. The lowest BCUT2D eigenvalue weighted by Crippen LogP contribution is -2.46. The number of methoxy groups -OCH3 is 1. The quantitative estimate of drug-likeness (QED) is 0.822. The lowest BCUT2D eigenvalue weighted by atomic mass is 9.90. The van der Waals surface area contributed by atoms with E-state index in [4.69, 9.17) is 9.47 Å². The van der Waals surface area contributed by atoms with Crippen LogP contribution in [0.2, 0.25) is 0 Å². The van der Waals surface area contributed by atoms with Crippen molar-refractivity contribution in [2.24, 2.45) is 0 Å². The Kier molecular flexibility index (Phi) is 5.56. The molecule has 2 fully saturated rings. The number of likely N-dealkylation sites (tertiary alicyclic amines) is 1. The minimum atomic E-state index is -0.701. The van der Waals surface area contributed by atoms with Crippen LogP contribution in [0.15, 0.2) is 18.3 Å². The Morgan fingerprint density at radius 2 is 2.00 bits per heavy atom. The summed E-state index contributed by atoms with van der Waals surface area (Å²) in [6.45, 7) is 4.33. The maximum atomic E-state index is 12.6. The van der Waals surface area contributed by atoms with Crippen molar-refractivity contribution >= 4 is 22.9 Å². The highest BCUT2D eigenvalue weighted by Gasteiger charge is 2.30. The molecule has 2 aromatic rings. The number of benzene rings is 1. The van der Waals surface area contributed by atoms with E-state index in [2.05, 4.69) is 21.4 Å². The van der Waals surface area contributed by atoms with E-state index in [1.807, 2.05) is 6.07 Å². The summed E-state index contributed by atoms with van der Waals surface area (Å²) in [5.74, 6) is 1.41. The molecule has 29 heavy (non-hydrogen) atoms. The molecule has 2 aliphatic heterocycles. The Hall–Kier alpha value is -2.45. The zero-order valence-corrected chi connectivity index (χ0v) is 17.0. The number of aliphatic hydroxyl groups is 1. The van der Waals surface area contributed by atoms with Gasteiger partial charge in [-0.1, -0.05) is 6.07 Å². The van der Waals surface area contributed by atoms with Gasteiger partial charge in [-0.25, -0.2) is 9.78 Å². The molecule has 8 heteroatoms. The molecule has 3 heterocycles. The minimum Gasteiger partial charge on any atom is -0.494 e. The zero-order valence-electron chi connectivity index (χ0n) is 17.0.